The van der Waals surface area contributed by atoms with E-state index in [1.54, 1.807) is 0 Å². The van der Waals surface area contributed by atoms with Crippen LogP contribution in [0.5, 0.6) is 0 Å². The van der Waals surface area contributed by atoms with E-state index in [2.05, 4.69) is 10.0 Å². The fourth-order valence-corrected chi connectivity index (χ4v) is 0.539. The van der Waals surface area contributed by atoms with Gasteiger partial charge >= 0.3 is 0 Å². The van der Waals surface area contributed by atoms with Gasteiger partial charge < -0.3 is 4.74 Å². The van der Waals surface area contributed by atoms with Crippen LogP contribution in [-0.2, 0) is 4.74 Å². The van der Waals surface area contributed by atoms with E-state index in [0.29, 0.717) is 12.6 Å². The van der Waals surface area contributed by atoms with Gasteiger partial charge in [-0.05, 0) is 12.5 Å². The van der Waals surface area contributed by atoms with Crippen LogP contribution in [0.15, 0.2) is 5.11 Å². The van der Waals surface area contributed by atoms with Crippen molar-refractivity contribution in [1.82, 2.24) is 0 Å². The second-order valence-electron chi connectivity index (χ2n) is 1.79. The topological polar surface area (TPSA) is 61.3 Å². The van der Waals surface area contributed by atoms with Gasteiger partial charge in [0, 0.05) is 4.91 Å². The monoisotopic (exact) mass is 113 g/mol. The highest BCUT2D eigenvalue weighted by Crippen LogP contribution is 2.20. The average Bonchev–Trinajstić information content (AvgIpc) is 2.42. The minimum absolute atomic E-state index is 0.200. The number of ether oxygens (including phenoxy) is 1. The Morgan fingerprint density at radius 2 is 2.50 bits per heavy atom. The van der Waals surface area contributed by atoms with Crippen LogP contribution < -0.4 is 0 Å². The molecule has 0 N–H and O–H groups in total. The van der Waals surface area contributed by atoms with Crippen molar-refractivity contribution in [1.29, 1.82) is 0 Å². The molecule has 0 aliphatic carbocycles. The zero-order chi connectivity index (χ0) is 5.98. The van der Waals surface area contributed by atoms with Gasteiger partial charge in [0.05, 0.1) is 18.8 Å². The highest BCUT2D eigenvalue weighted by atomic mass is 16.6. The van der Waals surface area contributed by atoms with Gasteiger partial charge in [0.25, 0.3) is 0 Å². The van der Waals surface area contributed by atoms with Gasteiger partial charge in [-0.25, -0.2) is 0 Å². The number of epoxide rings is 1. The lowest BCUT2D eigenvalue weighted by atomic mass is 10.3. The first-order chi connectivity index (χ1) is 3.84. The molecule has 1 rings (SSSR count). The van der Waals surface area contributed by atoms with Crippen molar-refractivity contribution >= 4 is 0 Å². The molecule has 4 heteroatoms. The predicted molar refractivity (Wildman–Crippen MR) is 28.3 cm³/mol. The third-order valence-corrected chi connectivity index (χ3v) is 1.16. The summed E-state index contributed by atoms with van der Waals surface area (Å²) < 4.78 is 4.95. The molecule has 0 aromatic rings. The van der Waals surface area contributed by atoms with Crippen LogP contribution >= 0.6 is 0 Å². The SMILES string of the molecule is C[C@H]1O[C@@H]1CN=[N+]=[N-]. The van der Waals surface area contributed by atoms with Crippen LogP contribution in [0.3, 0.4) is 0 Å². The summed E-state index contributed by atoms with van der Waals surface area (Å²) in [5.41, 5.74) is 7.83. The smallest absolute Gasteiger partial charge is 0.0895 e. The number of rotatable bonds is 2. The molecule has 0 aromatic heterocycles. The summed E-state index contributed by atoms with van der Waals surface area (Å²) in [6.07, 6.45) is 0.506. The molecular weight excluding hydrogens is 106 g/mol. The van der Waals surface area contributed by atoms with Gasteiger partial charge in [-0.3, -0.25) is 0 Å². The van der Waals surface area contributed by atoms with Crippen LogP contribution in [0.2, 0.25) is 0 Å². The highest BCUT2D eigenvalue weighted by Gasteiger charge is 2.32. The second kappa shape index (κ2) is 2.03. The van der Waals surface area contributed by atoms with Crippen LogP contribution in [0.4, 0.5) is 0 Å². The third-order valence-electron chi connectivity index (χ3n) is 1.16. The van der Waals surface area contributed by atoms with E-state index in [4.69, 9.17) is 10.3 Å². The first-order valence-electron chi connectivity index (χ1n) is 2.51. The molecule has 2 atom stereocenters. The molecule has 8 heavy (non-hydrogen) atoms. The summed E-state index contributed by atoms with van der Waals surface area (Å²) in [4.78, 5) is 2.60. The quantitative estimate of drug-likeness (QED) is 0.229. The van der Waals surface area contributed by atoms with Gasteiger partial charge in [-0.2, -0.15) is 0 Å². The van der Waals surface area contributed by atoms with Crippen molar-refractivity contribution < 1.29 is 4.74 Å². The van der Waals surface area contributed by atoms with E-state index in [-0.39, 0.29) is 6.10 Å². The van der Waals surface area contributed by atoms with Crippen LogP contribution in [0.1, 0.15) is 6.92 Å². The lowest BCUT2D eigenvalue weighted by Gasteiger charge is -1.74. The molecule has 0 radical (unpaired) electrons. The molecule has 4 nitrogen and oxygen atoms in total. The van der Waals surface area contributed by atoms with Crippen molar-refractivity contribution in [3.8, 4) is 0 Å². The Bertz CT molecular complexity index is 129. The largest absolute Gasteiger partial charge is 0.370 e. The van der Waals surface area contributed by atoms with Gasteiger partial charge in [-0.15, -0.1) is 0 Å². The van der Waals surface area contributed by atoms with Crippen molar-refractivity contribution in [3.63, 3.8) is 0 Å². The molecule has 0 aromatic carbocycles. The molecule has 44 valence electrons. The van der Waals surface area contributed by atoms with E-state index in [0.717, 1.165) is 0 Å². The molecule has 0 amide bonds. The Morgan fingerprint density at radius 1 is 1.88 bits per heavy atom. The van der Waals surface area contributed by atoms with E-state index >= 15 is 0 Å². The van der Waals surface area contributed by atoms with Crippen molar-refractivity contribution in [2.45, 2.75) is 19.1 Å². The fraction of sp³-hybridized carbons (Fsp3) is 1.00. The van der Waals surface area contributed by atoms with Crippen molar-refractivity contribution in [2.75, 3.05) is 6.54 Å². The summed E-state index contributed by atoms with van der Waals surface area (Å²) in [6, 6.07) is 0. The normalized spacial score (nSPS) is 33.6. The number of azide groups is 1. The number of hydrogen-bond donors (Lipinski definition) is 0. The van der Waals surface area contributed by atoms with Gasteiger partial charge in [0.1, 0.15) is 0 Å². The van der Waals surface area contributed by atoms with E-state index in [9.17, 15) is 0 Å². The summed E-state index contributed by atoms with van der Waals surface area (Å²) in [5.74, 6) is 0. The second-order valence-corrected chi connectivity index (χ2v) is 1.79. The lowest BCUT2D eigenvalue weighted by molar-refractivity contribution is 0.381. The lowest BCUT2D eigenvalue weighted by Crippen LogP contribution is -1.91. The molecule has 1 saturated heterocycles. The fourth-order valence-electron chi connectivity index (χ4n) is 0.539. The maximum Gasteiger partial charge on any atom is 0.0895 e. The summed E-state index contributed by atoms with van der Waals surface area (Å²) in [5, 5.41) is 3.34. The molecule has 0 saturated carbocycles. The first-order valence-corrected chi connectivity index (χ1v) is 2.51. The Balaban J connectivity index is 2.13. The van der Waals surface area contributed by atoms with Gasteiger partial charge in [-0.1, -0.05) is 5.11 Å². The zero-order valence-electron chi connectivity index (χ0n) is 4.61. The summed E-state index contributed by atoms with van der Waals surface area (Å²) in [7, 11) is 0. The third kappa shape index (κ3) is 1.12. The van der Waals surface area contributed by atoms with Crippen LogP contribution in [0, 0.1) is 0 Å². The standard InChI is InChI=1S/C4H7N3O/c1-3-4(8-3)2-6-7-5/h3-4H,2H2,1H3/t3-,4-/m1/s1. The Kier molecular flexibility index (Phi) is 1.37. The molecule has 1 aliphatic rings. The zero-order valence-corrected chi connectivity index (χ0v) is 4.61. The van der Waals surface area contributed by atoms with Crippen molar-refractivity contribution in [2.24, 2.45) is 5.11 Å². The van der Waals surface area contributed by atoms with Gasteiger partial charge in [0.2, 0.25) is 0 Å². The summed E-state index contributed by atoms with van der Waals surface area (Å²) >= 11 is 0. The number of hydrogen-bond acceptors (Lipinski definition) is 2. The maximum absolute atomic E-state index is 7.83. The predicted octanol–water partition coefficient (Wildman–Crippen LogP) is 1.08. The maximum atomic E-state index is 7.83. The number of nitrogens with zero attached hydrogens (tertiary/aromatic N) is 3. The van der Waals surface area contributed by atoms with E-state index in [1.165, 1.54) is 0 Å². The van der Waals surface area contributed by atoms with E-state index in [1.807, 2.05) is 6.92 Å². The van der Waals surface area contributed by atoms with Crippen LogP contribution in [-0.4, -0.2) is 18.8 Å². The molecule has 1 heterocycles. The van der Waals surface area contributed by atoms with Crippen molar-refractivity contribution in [3.05, 3.63) is 10.4 Å². The molecule has 1 fully saturated rings. The molecule has 0 bridgehead atoms. The van der Waals surface area contributed by atoms with Crippen LogP contribution in [0.25, 0.3) is 10.4 Å². The Morgan fingerprint density at radius 3 is 2.88 bits per heavy atom. The Hall–Kier alpha value is -0.730. The Labute approximate surface area is 47.1 Å². The first kappa shape index (κ1) is 5.41. The molecule has 1 aliphatic heterocycles. The molecular formula is C4H7N3O. The average molecular weight is 113 g/mol. The molecule has 0 spiro atoms. The summed E-state index contributed by atoms with van der Waals surface area (Å²) in [6.45, 7) is 2.44. The minimum atomic E-state index is 0.200. The van der Waals surface area contributed by atoms with E-state index < -0.39 is 0 Å². The minimum Gasteiger partial charge on any atom is -0.370 e. The molecule has 0 unspecified atom stereocenters. The van der Waals surface area contributed by atoms with Gasteiger partial charge in [0.15, 0.2) is 0 Å². The highest BCUT2D eigenvalue weighted by molar-refractivity contribution is 4.82.